The van der Waals surface area contributed by atoms with Gasteiger partial charge in [-0.3, -0.25) is 4.79 Å². The van der Waals surface area contributed by atoms with Crippen molar-refractivity contribution in [2.24, 2.45) is 0 Å². The van der Waals surface area contributed by atoms with Crippen LogP contribution in [0, 0.1) is 20.8 Å². The third kappa shape index (κ3) is 5.05. The maximum atomic E-state index is 9.59. The summed E-state index contributed by atoms with van der Waals surface area (Å²) in [5.41, 5.74) is 3.11. The lowest BCUT2D eigenvalue weighted by atomic mass is 10.1. The number of aromatic hydroxyl groups is 1. The van der Waals surface area contributed by atoms with Crippen molar-refractivity contribution in [3.8, 4) is 5.75 Å². The molecule has 84 valence electrons. The summed E-state index contributed by atoms with van der Waals surface area (Å²) in [6, 6.07) is 3.95. The van der Waals surface area contributed by atoms with Gasteiger partial charge in [-0.25, -0.2) is 0 Å². The van der Waals surface area contributed by atoms with Crippen LogP contribution >= 0.6 is 0 Å². The summed E-state index contributed by atoms with van der Waals surface area (Å²) in [6.07, 6.45) is 0. The number of methoxy groups -OCH3 is 1. The van der Waals surface area contributed by atoms with E-state index < -0.39 is 0 Å². The van der Waals surface area contributed by atoms with E-state index in [1.54, 1.807) is 0 Å². The lowest BCUT2D eigenvalue weighted by Gasteiger charge is -2.03. The predicted molar refractivity (Wildman–Crippen MR) is 60.0 cm³/mol. The Hall–Kier alpha value is -1.51. The lowest BCUT2D eigenvalue weighted by Crippen LogP contribution is -1.88. The second-order valence-corrected chi connectivity index (χ2v) is 3.44. The van der Waals surface area contributed by atoms with Crippen molar-refractivity contribution in [2.75, 3.05) is 7.11 Å². The second kappa shape index (κ2) is 6.06. The van der Waals surface area contributed by atoms with Gasteiger partial charge in [0.1, 0.15) is 5.75 Å². The van der Waals surface area contributed by atoms with Crippen LogP contribution in [0.5, 0.6) is 5.75 Å². The molecule has 0 aliphatic carbocycles. The molecule has 0 bridgehead atoms. The van der Waals surface area contributed by atoms with E-state index in [4.69, 9.17) is 0 Å². The van der Waals surface area contributed by atoms with Crippen molar-refractivity contribution in [2.45, 2.75) is 27.7 Å². The molecule has 1 N–H and O–H groups in total. The minimum absolute atomic E-state index is 0.245. The maximum Gasteiger partial charge on any atom is 0.302 e. The smallest absolute Gasteiger partial charge is 0.302 e. The molecule has 15 heavy (non-hydrogen) atoms. The van der Waals surface area contributed by atoms with Gasteiger partial charge in [0.05, 0.1) is 7.11 Å². The van der Waals surface area contributed by atoms with Crippen LogP contribution in [0.3, 0.4) is 0 Å². The minimum atomic E-state index is -0.245. The Morgan fingerprint density at radius 3 is 1.80 bits per heavy atom. The zero-order valence-electron chi connectivity index (χ0n) is 9.92. The van der Waals surface area contributed by atoms with Crippen LogP contribution in [0.4, 0.5) is 0 Å². The maximum absolute atomic E-state index is 9.59. The molecule has 0 aliphatic heterocycles. The van der Waals surface area contributed by atoms with E-state index in [1.165, 1.54) is 19.6 Å². The van der Waals surface area contributed by atoms with Gasteiger partial charge in [0.25, 0.3) is 0 Å². The number of phenolic OH excluding ortho intramolecular Hbond substituents is 1. The standard InChI is InChI=1S/C9H12O.C3H6O2/c1-6-4-7(2)9(10)8(3)5-6;1-3(4)5-2/h4-5,10H,1-3H3;1-2H3. The summed E-state index contributed by atoms with van der Waals surface area (Å²) in [7, 11) is 1.35. The molecule has 1 aromatic rings. The molecule has 0 atom stereocenters. The van der Waals surface area contributed by atoms with Gasteiger partial charge in [-0.2, -0.15) is 0 Å². The highest BCUT2D eigenvalue weighted by Gasteiger charge is 1.98. The third-order valence-electron chi connectivity index (χ3n) is 1.92. The average molecular weight is 210 g/mol. The van der Waals surface area contributed by atoms with Gasteiger partial charge in [-0.15, -0.1) is 0 Å². The van der Waals surface area contributed by atoms with Gasteiger partial charge >= 0.3 is 5.97 Å². The molecule has 0 spiro atoms. The number of esters is 1. The Balaban J connectivity index is 0.000000336. The molecular weight excluding hydrogens is 192 g/mol. The molecule has 1 rings (SSSR count). The van der Waals surface area contributed by atoms with Crippen LogP contribution in [0.1, 0.15) is 23.6 Å². The Morgan fingerprint density at radius 2 is 1.53 bits per heavy atom. The highest BCUT2D eigenvalue weighted by molar-refractivity contribution is 5.65. The summed E-state index contributed by atoms with van der Waals surface area (Å²) in [5.74, 6) is 0.176. The van der Waals surface area contributed by atoms with Crippen molar-refractivity contribution in [1.29, 1.82) is 0 Å². The Kier molecular flexibility index (Phi) is 5.45. The van der Waals surface area contributed by atoms with Crippen molar-refractivity contribution in [3.63, 3.8) is 0 Å². The van der Waals surface area contributed by atoms with E-state index in [0.717, 1.165) is 11.1 Å². The quantitative estimate of drug-likeness (QED) is 0.669. The fraction of sp³-hybridized carbons (Fsp3) is 0.417. The highest BCUT2D eigenvalue weighted by Crippen LogP contribution is 2.21. The Bertz CT molecular complexity index is 320. The zero-order chi connectivity index (χ0) is 12.0. The third-order valence-corrected chi connectivity index (χ3v) is 1.92. The van der Waals surface area contributed by atoms with E-state index >= 15 is 0 Å². The molecule has 0 saturated carbocycles. The number of phenols is 1. The van der Waals surface area contributed by atoms with E-state index in [1.807, 2.05) is 32.9 Å². The molecule has 3 heteroatoms. The lowest BCUT2D eigenvalue weighted by molar-refractivity contribution is -0.137. The predicted octanol–water partition coefficient (Wildman–Crippen LogP) is 2.50. The summed E-state index contributed by atoms with van der Waals surface area (Å²) in [6.45, 7) is 7.21. The molecule has 0 radical (unpaired) electrons. The molecule has 0 aromatic heterocycles. The highest BCUT2D eigenvalue weighted by atomic mass is 16.5. The van der Waals surface area contributed by atoms with Gasteiger partial charge in [0, 0.05) is 6.92 Å². The number of hydrogen-bond acceptors (Lipinski definition) is 3. The number of aryl methyl sites for hydroxylation is 3. The molecule has 3 nitrogen and oxygen atoms in total. The van der Waals surface area contributed by atoms with E-state index in [9.17, 15) is 9.90 Å². The van der Waals surface area contributed by atoms with Crippen LogP contribution in [0.2, 0.25) is 0 Å². The molecular formula is C12H18O3. The fourth-order valence-electron chi connectivity index (χ4n) is 1.17. The van der Waals surface area contributed by atoms with E-state index in [-0.39, 0.29) is 5.97 Å². The monoisotopic (exact) mass is 210 g/mol. The largest absolute Gasteiger partial charge is 0.507 e. The van der Waals surface area contributed by atoms with E-state index in [0.29, 0.717) is 5.75 Å². The summed E-state index contributed by atoms with van der Waals surface area (Å²) in [4.78, 5) is 9.59. The normalized spacial score (nSPS) is 8.87. The van der Waals surface area contributed by atoms with Gasteiger partial charge < -0.3 is 9.84 Å². The summed E-state index contributed by atoms with van der Waals surface area (Å²) in [5, 5.41) is 9.33. The van der Waals surface area contributed by atoms with Crippen molar-refractivity contribution >= 4 is 5.97 Å². The van der Waals surface area contributed by atoms with E-state index in [2.05, 4.69) is 4.74 Å². The molecule has 0 fully saturated rings. The summed E-state index contributed by atoms with van der Waals surface area (Å²) < 4.78 is 4.11. The first-order valence-corrected chi connectivity index (χ1v) is 4.69. The molecule has 0 unspecified atom stereocenters. The summed E-state index contributed by atoms with van der Waals surface area (Å²) >= 11 is 0. The van der Waals surface area contributed by atoms with Crippen molar-refractivity contribution in [3.05, 3.63) is 28.8 Å². The van der Waals surface area contributed by atoms with Crippen LogP contribution < -0.4 is 0 Å². The van der Waals surface area contributed by atoms with Crippen molar-refractivity contribution in [1.82, 2.24) is 0 Å². The average Bonchev–Trinajstić information content (AvgIpc) is 2.15. The van der Waals surface area contributed by atoms with Crippen LogP contribution in [0.25, 0.3) is 0 Å². The SMILES string of the molecule is COC(C)=O.Cc1cc(C)c(O)c(C)c1. The number of benzene rings is 1. The number of ether oxygens (including phenoxy) is 1. The van der Waals surface area contributed by atoms with Gasteiger partial charge in [-0.05, 0) is 31.9 Å². The fourth-order valence-corrected chi connectivity index (χ4v) is 1.17. The first-order chi connectivity index (χ1) is 6.88. The topological polar surface area (TPSA) is 46.5 Å². The van der Waals surface area contributed by atoms with Gasteiger partial charge in [-0.1, -0.05) is 17.7 Å². The molecule has 0 heterocycles. The zero-order valence-corrected chi connectivity index (χ0v) is 9.92. The number of carbonyl (C=O) groups is 1. The van der Waals surface area contributed by atoms with Gasteiger partial charge in [0.15, 0.2) is 0 Å². The van der Waals surface area contributed by atoms with Crippen LogP contribution in [0.15, 0.2) is 12.1 Å². The number of rotatable bonds is 0. The number of hydrogen-bond donors (Lipinski definition) is 1. The molecule has 0 saturated heterocycles. The molecule has 1 aromatic carbocycles. The van der Waals surface area contributed by atoms with Crippen LogP contribution in [-0.4, -0.2) is 18.2 Å². The Labute approximate surface area is 90.7 Å². The molecule has 0 amide bonds. The molecule has 0 aliphatic rings. The number of carbonyl (C=O) groups excluding carboxylic acids is 1. The van der Waals surface area contributed by atoms with Gasteiger partial charge in [0.2, 0.25) is 0 Å². The first kappa shape index (κ1) is 13.5. The second-order valence-electron chi connectivity index (χ2n) is 3.44. The first-order valence-electron chi connectivity index (χ1n) is 4.69. The Morgan fingerprint density at radius 1 is 1.20 bits per heavy atom. The van der Waals surface area contributed by atoms with Crippen molar-refractivity contribution < 1.29 is 14.6 Å². The minimum Gasteiger partial charge on any atom is -0.507 e. The van der Waals surface area contributed by atoms with Crippen LogP contribution in [-0.2, 0) is 9.53 Å².